The molecule has 0 bridgehead atoms. The van der Waals surface area contributed by atoms with Crippen molar-refractivity contribution in [3.8, 4) is 11.1 Å². The van der Waals surface area contributed by atoms with E-state index in [4.69, 9.17) is 25.1 Å². The maximum absolute atomic E-state index is 12.8. The molecule has 16 heteroatoms. The van der Waals surface area contributed by atoms with Crippen molar-refractivity contribution in [1.82, 2.24) is 24.4 Å². The Labute approximate surface area is 364 Å². The van der Waals surface area contributed by atoms with Crippen LogP contribution in [-0.4, -0.2) is 89.2 Å². The van der Waals surface area contributed by atoms with Gasteiger partial charge >= 0.3 is 30.0 Å². The van der Waals surface area contributed by atoms with Crippen LogP contribution in [0.5, 0.6) is 0 Å². The number of aromatic nitrogens is 4. The Morgan fingerprint density at radius 1 is 0.683 bits per heavy atom. The topological polar surface area (TPSA) is 227 Å². The normalized spacial score (nSPS) is 13.3. The Morgan fingerprint density at radius 3 is 1.59 bits per heavy atom. The number of nitrogens with one attached hydrogen (secondary N) is 1. The summed E-state index contributed by atoms with van der Waals surface area (Å²) in [5.74, 6) is -3.21. The first kappa shape index (κ1) is 45.5. The average Bonchev–Trinajstić information content (AvgIpc) is 3.84. The number of carbonyl (C=O) groups is 5. The van der Waals surface area contributed by atoms with Crippen molar-refractivity contribution in [3.63, 3.8) is 0 Å². The third kappa shape index (κ3) is 11.5. The van der Waals surface area contributed by atoms with Crippen LogP contribution < -0.4 is 11.1 Å². The van der Waals surface area contributed by atoms with E-state index < -0.39 is 47.3 Å². The third-order valence-electron chi connectivity index (χ3n) is 9.96. The highest BCUT2D eigenvalue weighted by molar-refractivity contribution is 5.87. The second kappa shape index (κ2) is 18.9. The number of carboxylic acid groups (broad SMARTS) is 2. The average molecular weight is 861 g/mol. The van der Waals surface area contributed by atoms with E-state index in [2.05, 4.69) is 15.3 Å². The molecule has 0 saturated heterocycles. The molecular formula is C47H52N6O10. The van der Waals surface area contributed by atoms with Crippen LogP contribution >= 0.6 is 0 Å². The van der Waals surface area contributed by atoms with Crippen LogP contribution in [0.25, 0.3) is 33.2 Å². The van der Waals surface area contributed by atoms with Crippen LogP contribution in [0.2, 0.25) is 0 Å². The molecule has 63 heavy (non-hydrogen) atoms. The molecule has 0 aliphatic heterocycles. The van der Waals surface area contributed by atoms with Gasteiger partial charge in [-0.15, -0.1) is 0 Å². The first-order valence-electron chi connectivity index (χ1n) is 20.4. The van der Waals surface area contributed by atoms with E-state index in [-0.39, 0.29) is 44.4 Å². The van der Waals surface area contributed by atoms with Gasteiger partial charge in [0.05, 0.1) is 41.5 Å². The van der Waals surface area contributed by atoms with Gasteiger partial charge in [-0.05, 0) is 88.1 Å². The van der Waals surface area contributed by atoms with Gasteiger partial charge in [0.1, 0.15) is 29.9 Å². The highest BCUT2D eigenvalue weighted by Gasteiger charge is 2.30. The molecule has 0 fully saturated rings. The van der Waals surface area contributed by atoms with Crippen LogP contribution in [0.4, 0.5) is 4.79 Å². The largest absolute Gasteiger partial charge is 0.480 e. The fourth-order valence-electron chi connectivity index (χ4n) is 7.47. The second-order valence-corrected chi connectivity index (χ2v) is 17.2. The number of aliphatic carboxylic acids is 2. The van der Waals surface area contributed by atoms with Crippen molar-refractivity contribution in [1.29, 1.82) is 0 Å². The van der Waals surface area contributed by atoms with Crippen molar-refractivity contribution in [2.75, 3.05) is 6.61 Å². The number of alkyl carbamates (subject to hydrolysis) is 1. The summed E-state index contributed by atoms with van der Waals surface area (Å²) in [7, 11) is 0. The van der Waals surface area contributed by atoms with Gasteiger partial charge in [-0.3, -0.25) is 24.4 Å². The van der Waals surface area contributed by atoms with Crippen LogP contribution in [0.1, 0.15) is 69.7 Å². The SMILES string of the molecule is CC(C)(C)OC(=O)Cc1cn(CC(N)C(=O)O)c2cccnc12.CC(C)(C)OC(=O)Cc1cn(CC(NC(=O)OCC2c3ccccc3-c3ccccc32)C(=O)O)c2cccnc12. The Balaban J connectivity index is 0.000000244. The fraction of sp³-hybridized carbons (Fsp3) is 0.340. The molecule has 2 aromatic carbocycles. The second-order valence-electron chi connectivity index (χ2n) is 17.2. The van der Waals surface area contributed by atoms with Gasteiger partial charge in [-0.1, -0.05) is 48.5 Å². The summed E-state index contributed by atoms with van der Waals surface area (Å²) in [5, 5.41) is 21.4. The minimum Gasteiger partial charge on any atom is -0.480 e. The van der Waals surface area contributed by atoms with Crippen LogP contribution in [-0.2, 0) is 59.3 Å². The monoisotopic (exact) mass is 860 g/mol. The highest BCUT2D eigenvalue weighted by atomic mass is 16.6. The van der Waals surface area contributed by atoms with Gasteiger partial charge in [-0.2, -0.15) is 0 Å². The van der Waals surface area contributed by atoms with Crippen molar-refractivity contribution < 1.29 is 48.4 Å². The minimum atomic E-state index is -1.28. The van der Waals surface area contributed by atoms with E-state index in [1.54, 1.807) is 93.7 Å². The Hall–Kier alpha value is -7.07. The van der Waals surface area contributed by atoms with Gasteiger partial charge in [0, 0.05) is 48.4 Å². The number of ether oxygens (including phenoxy) is 3. The number of hydrogen-bond donors (Lipinski definition) is 4. The summed E-state index contributed by atoms with van der Waals surface area (Å²) >= 11 is 0. The molecule has 4 heterocycles. The lowest BCUT2D eigenvalue weighted by molar-refractivity contribution is -0.155. The van der Waals surface area contributed by atoms with Gasteiger partial charge in [0.15, 0.2) is 0 Å². The highest BCUT2D eigenvalue weighted by Crippen LogP contribution is 2.44. The van der Waals surface area contributed by atoms with Gasteiger partial charge in [-0.25, -0.2) is 9.59 Å². The van der Waals surface area contributed by atoms with E-state index in [0.717, 1.165) is 27.8 Å². The van der Waals surface area contributed by atoms with Gasteiger partial charge in [0.2, 0.25) is 0 Å². The Morgan fingerprint density at radius 2 is 1.14 bits per heavy atom. The lowest BCUT2D eigenvalue weighted by atomic mass is 9.98. The number of nitrogens with two attached hydrogens (primary N) is 1. The molecule has 1 aliphatic rings. The molecule has 1 aliphatic carbocycles. The number of rotatable bonds is 13. The standard InChI is InChI=1S/C31H31N3O6.C16H21N3O4/c1-31(2,3)40-27(35)15-19-16-34(26-13-8-14-32-28(19)26)17-25(29(36)37)33-30(38)39-18-24-22-11-6-4-9-20(22)21-10-5-7-12-23(21)24;1-16(2,3)23-13(20)7-10-8-19(9-11(17)15(21)22)12-5-4-6-18-14(10)12/h4-14,16,24-25H,15,17-18H2,1-3H3,(H,33,38)(H,36,37);4-6,8,11H,7,9,17H2,1-3H3,(H,21,22). The Kier molecular flexibility index (Phi) is 13.6. The molecule has 330 valence electrons. The van der Waals surface area contributed by atoms with Gasteiger partial charge < -0.3 is 44.6 Å². The first-order valence-corrected chi connectivity index (χ1v) is 20.4. The van der Waals surface area contributed by atoms with Crippen molar-refractivity contribution in [3.05, 3.63) is 120 Å². The van der Waals surface area contributed by atoms with Crippen molar-refractivity contribution in [2.24, 2.45) is 5.73 Å². The smallest absolute Gasteiger partial charge is 0.407 e. The number of pyridine rings is 2. The predicted octanol–water partition coefficient (Wildman–Crippen LogP) is 6.24. The Bertz CT molecular complexity index is 2610. The predicted molar refractivity (Wildman–Crippen MR) is 234 cm³/mol. The molecule has 4 aromatic heterocycles. The van der Waals surface area contributed by atoms with E-state index in [1.165, 1.54) is 0 Å². The number of carboxylic acids is 2. The molecule has 0 saturated carbocycles. The molecule has 2 unspecified atom stereocenters. The number of amides is 1. The molecule has 16 nitrogen and oxygen atoms in total. The number of carbonyl (C=O) groups excluding carboxylic acids is 3. The molecule has 0 spiro atoms. The molecule has 5 N–H and O–H groups in total. The molecule has 2 atom stereocenters. The van der Waals surface area contributed by atoms with E-state index in [9.17, 15) is 29.1 Å². The zero-order valence-electron chi connectivity index (χ0n) is 36.0. The fourth-order valence-corrected chi connectivity index (χ4v) is 7.47. The van der Waals surface area contributed by atoms with Crippen LogP contribution in [0.15, 0.2) is 97.6 Å². The molecular weight excluding hydrogens is 809 g/mol. The zero-order chi connectivity index (χ0) is 45.6. The van der Waals surface area contributed by atoms with E-state index >= 15 is 0 Å². The summed E-state index contributed by atoms with van der Waals surface area (Å²) in [6.45, 7) is 10.9. The van der Waals surface area contributed by atoms with Crippen LogP contribution in [0.3, 0.4) is 0 Å². The summed E-state index contributed by atoms with van der Waals surface area (Å²) < 4.78 is 19.7. The number of esters is 2. The summed E-state index contributed by atoms with van der Waals surface area (Å²) in [6.07, 6.45) is 5.85. The maximum Gasteiger partial charge on any atom is 0.407 e. The van der Waals surface area contributed by atoms with Gasteiger partial charge in [0.25, 0.3) is 0 Å². The molecule has 1 amide bonds. The quantitative estimate of drug-likeness (QED) is 0.0746. The van der Waals surface area contributed by atoms with Crippen molar-refractivity contribution >= 4 is 52.0 Å². The lowest BCUT2D eigenvalue weighted by Crippen LogP contribution is -2.44. The molecule has 6 aromatic rings. The number of nitrogens with zero attached hydrogens (tertiary/aromatic N) is 4. The van der Waals surface area contributed by atoms with Crippen LogP contribution in [0, 0.1) is 0 Å². The molecule has 0 radical (unpaired) electrons. The summed E-state index contributed by atoms with van der Waals surface area (Å²) in [5.41, 5.74) is 12.6. The third-order valence-corrected chi connectivity index (χ3v) is 9.96. The molecule has 7 rings (SSSR count). The number of benzene rings is 2. The maximum atomic E-state index is 12.8. The zero-order valence-corrected chi connectivity index (χ0v) is 36.0. The van der Waals surface area contributed by atoms with E-state index in [1.807, 2.05) is 54.6 Å². The van der Waals surface area contributed by atoms with Crippen molar-refractivity contribution in [2.45, 2.75) is 96.7 Å². The summed E-state index contributed by atoms with van der Waals surface area (Å²) in [6, 6.07) is 20.7. The van der Waals surface area contributed by atoms with E-state index in [0.29, 0.717) is 27.7 Å². The summed E-state index contributed by atoms with van der Waals surface area (Å²) in [4.78, 5) is 69.1. The first-order chi connectivity index (χ1) is 29.8. The number of fused-ring (bicyclic) bond motifs is 5. The lowest BCUT2D eigenvalue weighted by Gasteiger charge is -2.19. The minimum absolute atomic E-state index is 0.0185. The number of hydrogen-bond acceptors (Lipinski definition) is 11.